The third-order valence-corrected chi connectivity index (χ3v) is 2.42. The number of oxime groups is 1. The van der Waals surface area contributed by atoms with Gasteiger partial charge in [-0.2, -0.15) is 0 Å². The minimum Gasteiger partial charge on any atom is -0.390 e. The molecule has 0 spiro atoms. The van der Waals surface area contributed by atoms with Crippen LogP contribution < -0.4 is 0 Å². The van der Waals surface area contributed by atoms with Crippen LogP contribution in [0.4, 0.5) is 0 Å². The summed E-state index contributed by atoms with van der Waals surface area (Å²) in [5, 5.41) is 6.60. The molecule has 5 heteroatoms. The summed E-state index contributed by atoms with van der Waals surface area (Å²) in [7, 11) is 0. The van der Waals surface area contributed by atoms with E-state index in [4.69, 9.17) is 9.57 Å². The Labute approximate surface area is 80.2 Å². The first-order chi connectivity index (χ1) is 6.45. The van der Waals surface area contributed by atoms with E-state index in [9.17, 15) is 0 Å². The summed E-state index contributed by atoms with van der Waals surface area (Å²) in [5.74, 6) is 0. The van der Waals surface area contributed by atoms with Crippen molar-refractivity contribution in [3.63, 3.8) is 0 Å². The van der Waals surface area contributed by atoms with Crippen LogP contribution in [0.3, 0.4) is 0 Å². The van der Waals surface area contributed by atoms with Gasteiger partial charge in [0.1, 0.15) is 11.2 Å². The van der Waals surface area contributed by atoms with Crippen molar-refractivity contribution in [2.75, 3.05) is 13.2 Å². The largest absolute Gasteiger partial charge is 0.390 e. The maximum Gasteiger partial charge on any atom is 0.152 e. The Hall–Kier alpha value is -0.940. The van der Waals surface area contributed by atoms with Crippen LogP contribution in [0.2, 0.25) is 0 Å². The normalized spacial score (nSPS) is 22.6. The molecular weight excluding hydrogens is 188 g/mol. The summed E-state index contributed by atoms with van der Waals surface area (Å²) >= 11 is 1.53. The van der Waals surface area contributed by atoms with Gasteiger partial charge in [-0.25, -0.2) is 4.98 Å². The second-order valence-electron chi connectivity index (χ2n) is 2.70. The lowest BCUT2D eigenvalue weighted by Gasteiger charge is -2.02. The summed E-state index contributed by atoms with van der Waals surface area (Å²) in [4.78, 5) is 9.23. The molecule has 2 heterocycles. The van der Waals surface area contributed by atoms with E-state index >= 15 is 0 Å². The van der Waals surface area contributed by atoms with Crippen LogP contribution in [0.5, 0.6) is 0 Å². The second-order valence-corrected chi connectivity index (χ2v) is 3.62. The highest BCUT2D eigenvalue weighted by molar-refractivity contribution is 7.11. The molecule has 0 N–H and O–H groups in total. The van der Waals surface area contributed by atoms with E-state index in [2.05, 4.69) is 10.1 Å². The summed E-state index contributed by atoms with van der Waals surface area (Å²) in [6.45, 7) is 1.42. The lowest BCUT2D eigenvalue weighted by Crippen LogP contribution is -2.08. The molecule has 2 rings (SSSR count). The van der Waals surface area contributed by atoms with Crippen molar-refractivity contribution in [3.8, 4) is 0 Å². The number of ether oxygens (including phenoxy) is 1. The van der Waals surface area contributed by atoms with E-state index in [0.29, 0.717) is 6.61 Å². The van der Waals surface area contributed by atoms with Crippen molar-refractivity contribution in [1.29, 1.82) is 0 Å². The zero-order valence-electron chi connectivity index (χ0n) is 7.05. The lowest BCUT2D eigenvalue weighted by atomic mass is 10.3. The Morgan fingerprint density at radius 2 is 2.77 bits per heavy atom. The van der Waals surface area contributed by atoms with Crippen molar-refractivity contribution >= 4 is 17.6 Å². The number of rotatable bonds is 3. The van der Waals surface area contributed by atoms with Gasteiger partial charge in [0.2, 0.25) is 0 Å². The van der Waals surface area contributed by atoms with Gasteiger partial charge in [0, 0.05) is 18.0 Å². The Kier molecular flexibility index (Phi) is 2.89. The Bertz CT molecular complexity index is 268. The van der Waals surface area contributed by atoms with E-state index in [-0.39, 0.29) is 6.10 Å². The van der Waals surface area contributed by atoms with Crippen LogP contribution in [0, 0.1) is 0 Å². The molecule has 70 valence electrons. The molecule has 0 saturated carbocycles. The Balaban J connectivity index is 1.78. The molecule has 0 aromatic carbocycles. The molecule has 1 aliphatic rings. The first kappa shape index (κ1) is 8.65. The third kappa shape index (κ3) is 2.50. The van der Waals surface area contributed by atoms with Crippen LogP contribution in [-0.4, -0.2) is 30.5 Å². The van der Waals surface area contributed by atoms with Gasteiger partial charge in [-0.05, 0) is 0 Å². The minimum absolute atomic E-state index is 0.121. The molecule has 0 aliphatic carbocycles. The maximum absolute atomic E-state index is 5.19. The van der Waals surface area contributed by atoms with Crippen molar-refractivity contribution in [2.45, 2.75) is 12.5 Å². The number of nitrogens with zero attached hydrogens (tertiary/aromatic N) is 2. The molecule has 13 heavy (non-hydrogen) atoms. The van der Waals surface area contributed by atoms with Crippen molar-refractivity contribution < 1.29 is 9.57 Å². The molecule has 1 atom stereocenters. The fraction of sp³-hybridized carbons (Fsp3) is 0.500. The Morgan fingerprint density at radius 1 is 1.77 bits per heavy atom. The zero-order valence-corrected chi connectivity index (χ0v) is 7.87. The molecule has 1 unspecified atom stereocenters. The van der Waals surface area contributed by atoms with E-state index in [1.54, 1.807) is 12.4 Å². The van der Waals surface area contributed by atoms with Gasteiger partial charge >= 0.3 is 0 Å². The predicted molar refractivity (Wildman–Crippen MR) is 50.0 cm³/mol. The second kappa shape index (κ2) is 4.34. The van der Waals surface area contributed by atoms with Gasteiger partial charge < -0.3 is 9.57 Å². The molecule has 1 aromatic rings. The molecular formula is C8H10N2O2S. The van der Waals surface area contributed by atoms with Crippen molar-refractivity contribution in [3.05, 3.63) is 16.6 Å². The van der Waals surface area contributed by atoms with Crippen LogP contribution in [0.1, 0.15) is 11.4 Å². The fourth-order valence-corrected chi connectivity index (χ4v) is 1.54. The van der Waals surface area contributed by atoms with Crippen molar-refractivity contribution in [1.82, 2.24) is 4.98 Å². The molecule has 0 bridgehead atoms. The summed E-state index contributed by atoms with van der Waals surface area (Å²) in [5.41, 5.74) is 0. The molecule has 0 radical (unpaired) electrons. The fourth-order valence-electron chi connectivity index (χ4n) is 1.06. The van der Waals surface area contributed by atoms with Gasteiger partial charge in [0.25, 0.3) is 0 Å². The molecule has 4 nitrogen and oxygen atoms in total. The standard InChI is InChI=1S/C8H10N2O2S/c1-3-11-6-7(1)12-10-5-8-9-2-4-13-8/h2,4-5,7H,1,3,6H2/b10-5+. The SMILES string of the molecule is C(=N\OC1CCOC1)/c1nccs1. The molecule has 1 saturated heterocycles. The van der Waals surface area contributed by atoms with E-state index in [1.165, 1.54) is 11.3 Å². The van der Waals surface area contributed by atoms with Gasteiger partial charge in [-0.1, -0.05) is 5.16 Å². The third-order valence-electron chi connectivity index (χ3n) is 1.71. The van der Waals surface area contributed by atoms with E-state index < -0.39 is 0 Å². The quantitative estimate of drug-likeness (QED) is 0.543. The number of aromatic nitrogens is 1. The maximum atomic E-state index is 5.19. The highest BCUT2D eigenvalue weighted by Gasteiger charge is 2.16. The predicted octanol–water partition coefficient (Wildman–Crippen LogP) is 1.28. The van der Waals surface area contributed by atoms with Crippen LogP contribution in [-0.2, 0) is 9.57 Å². The summed E-state index contributed by atoms with van der Waals surface area (Å²) in [6.07, 6.45) is 4.42. The first-order valence-corrected chi connectivity index (χ1v) is 4.99. The molecule has 0 amide bonds. The van der Waals surface area contributed by atoms with Gasteiger partial charge in [0.05, 0.1) is 13.2 Å². The topological polar surface area (TPSA) is 43.7 Å². The van der Waals surface area contributed by atoms with Gasteiger partial charge in [0.15, 0.2) is 6.10 Å². The highest BCUT2D eigenvalue weighted by Crippen LogP contribution is 2.08. The Morgan fingerprint density at radius 3 is 3.46 bits per heavy atom. The number of hydrogen-bond acceptors (Lipinski definition) is 5. The van der Waals surface area contributed by atoms with E-state index in [0.717, 1.165) is 18.0 Å². The zero-order chi connectivity index (χ0) is 8.93. The molecule has 1 aliphatic heterocycles. The summed E-state index contributed by atoms with van der Waals surface area (Å²) < 4.78 is 5.13. The molecule has 1 aromatic heterocycles. The van der Waals surface area contributed by atoms with Crippen LogP contribution in [0.25, 0.3) is 0 Å². The monoisotopic (exact) mass is 198 g/mol. The average molecular weight is 198 g/mol. The van der Waals surface area contributed by atoms with Crippen LogP contribution >= 0.6 is 11.3 Å². The average Bonchev–Trinajstić information content (AvgIpc) is 2.75. The number of thiazole rings is 1. The van der Waals surface area contributed by atoms with Crippen LogP contribution in [0.15, 0.2) is 16.7 Å². The first-order valence-electron chi connectivity index (χ1n) is 4.11. The molecule has 1 fully saturated rings. The van der Waals surface area contributed by atoms with Gasteiger partial charge in [-0.3, -0.25) is 0 Å². The smallest absolute Gasteiger partial charge is 0.152 e. The van der Waals surface area contributed by atoms with Crippen molar-refractivity contribution in [2.24, 2.45) is 5.16 Å². The van der Waals surface area contributed by atoms with Gasteiger partial charge in [-0.15, -0.1) is 11.3 Å². The number of hydrogen-bond donors (Lipinski definition) is 0. The summed E-state index contributed by atoms with van der Waals surface area (Å²) in [6, 6.07) is 0. The van der Waals surface area contributed by atoms with E-state index in [1.807, 2.05) is 5.38 Å². The minimum atomic E-state index is 0.121. The highest BCUT2D eigenvalue weighted by atomic mass is 32.1. The lowest BCUT2D eigenvalue weighted by molar-refractivity contribution is 0.0485.